The fourth-order valence-corrected chi connectivity index (χ4v) is 2.29. The molecule has 0 aliphatic heterocycles. The van der Waals surface area contributed by atoms with Gasteiger partial charge in [0, 0.05) is 11.3 Å². The average Bonchev–Trinajstić information content (AvgIpc) is 2.74. The minimum absolute atomic E-state index is 1.02. The highest BCUT2D eigenvalue weighted by Gasteiger charge is 2.07. The van der Waals surface area contributed by atoms with Crippen molar-refractivity contribution in [2.75, 3.05) is 0 Å². The van der Waals surface area contributed by atoms with Crippen LogP contribution in [0.15, 0.2) is 48.7 Å². The number of fused-ring (bicyclic) bond motifs is 1. The number of imidazole rings is 1. The van der Waals surface area contributed by atoms with Crippen molar-refractivity contribution in [3.05, 3.63) is 59.9 Å². The lowest BCUT2D eigenvalue weighted by Gasteiger charge is -2.06. The Balaban J connectivity index is 2.32. The molecule has 1 aromatic carbocycles. The Morgan fingerprint density at radius 1 is 1.00 bits per heavy atom. The first kappa shape index (κ1) is 10.1. The largest absolute Gasteiger partial charge is 0.297 e. The maximum absolute atomic E-state index is 4.48. The van der Waals surface area contributed by atoms with E-state index in [4.69, 9.17) is 0 Å². The zero-order chi connectivity index (χ0) is 11.8. The summed E-state index contributed by atoms with van der Waals surface area (Å²) in [4.78, 5) is 4.48. The lowest BCUT2D eigenvalue weighted by molar-refractivity contribution is 1.09. The Hall–Kier alpha value is -2.09. The lowest BCUT2D eigenvalue weighted by Crippen LogP contribution is -1.94. The predicted molar refractivity (Wildman–Crippen MR) is 70.1 cm³/mol. The van der Waals surface area contributed by atoms with Crippen LogP contribution in [0.4, 0.5) is 0 Å². The summed E-state index contributed by atoms with van der Waals surface area (Å²) in [7, 11) is 0. The number of aromatic nitrogens is 2. The molecule has 0 N–H and O–H groups in total. The number of pyridine rings is 1. The molecule has 0 bridgehead atoms. The minimum atomic E-state index is 1.02. The van der Waals surface area contributed by atoms with Crippen molar-refractivity contribution in [3.63, 3.8) is 0 Å². The SMILES string of the molecule is Cc1cc(C)n2c(-c3ccccc3)cnc2c1. The van der Waals surface area contributed by atoms with Crippen molar-refractivity contribution in [3.8, 4) is 11.3 Å². The first-order valence-corrected chi connectivity index (χ1v) is 5.76. The van der Waals surface area contributed by atoms with Crippen LogP contribution < -0.4 is 0 Å². The topological polar surface area (TPSA) is 17.3 Å². The molecule has 3 rings (SSSR count). The molecule has 0 spiro atoms. The van der Waals surface area contributed by atoms with E-state index in [0.717, 1.165) is 11.3 Å². The van der Waals surface area contributed by atoms with Crippen LogP contribution >= 0.6 is 0 Å². The van der Waals surface area contributed by atoms with Crippen molar-refractivity contribution in [2.24, 2.45) is 0 Å². The van der Waals surface area contributed by atoms with E-state index in [1.165, 1.54) is 16.8 Å². The van der Waals surface area contributed by atoms with E-state index in [1.54, 1.807) is 0 Å². The smallest absolute Gasteiger partial charge is 0.137 e. The van der Waals surface area contributed by atoms with Gasteiger partial charge >= 0.3 is 0 Å². The highest BCUT2D eigenvalue weighted by molar-refractivity contribution is 5.64. The first-order valence-electron chi connectivity index (χ1n) is 5.76. The molecular formula is C15H14N2. The summed E-state index contributed by atoms with van der Waals surface area (Å²) in [6, 6.07) is 14.7. The van der Waals surface area contributed by atoms with Crippen molar-refractivity contribution < 1.29 is 0 Å². The third-order valence-corrected chi connectivity index (χ3v) is 3.00. The number of rotatable bonds is 1. The molecule has 2 aromatic heterocycles. The van der Waals surface area contributed by atoms with Crippen LogP contribution in [0.3, 0.4) is 0 Å². The number of nitrogens with zero attached hydrogens (tertiary/aromatic N) is 2. The maximum atomic E-state index is 4.48. The molecule has 3 aromatic rings. The summed E-state index contributed by atoms with van der Waals surface area (Å²) < 4.78 is 2.20. The Morgan fingerprint density at radius 2 is 1.76 bits per heavy atom. The van der Waals surface area contributed by atoms with Gasteiger partial charge in [-0.05, 0) is 31.5 Å². The Bertz CT molecular complexity index is 666. The Kier molecular flexibility index (Phi) is 2.22. The van der Waals surface area contributed by atoms with Crippen LogP contribution in [0.5, 0.6) is 0 Å². The molecule has 0 saturated heterocycles. The third kappa shape index (κ3) is 1.62. The fraction of sp³-hybridized carbons (Fsp3) is 0.133. The van der Waals surface area contributed by atoms with E-state index in [2.05, 4.69) is 59.6 Å². The Morgan fingerprint density at radius 3 is 2.53 bits per heavy atom. The summed E-state index contributed by atoms with van der Waals surface area (Å²) in [5.74, 6) is 0. The lowest BCUT2D eigenvalue weighted by atomic mass is 10.1. The third-order valence-electron chi connectivity index (χ3n) is 3.00. The second kappa shape index (κ2) is 3.74. The summed E-state index contributed by atoms with van der Waals surface area (Å²) in [6.07, 6.45) is 1.94. The van der Waals surface area contributed by atoms with E-state index in [0.29, 0.717) is 0 Å². The summed E-state index contributed by atoms with van der Waals surface area (Å²) in [5, 5.41) is 0. The van der Waals surface area contributed by atoms with Gasteiger partial charge in [0.05, 0.1) is 11.9 Å². The van der Waals surface area contributed by atoms with Gasteiger partial charge in [0.25, 0.3) is 0 Å². The number of hydrogen-bond acceptors (Lipinski definition) is 1. The average molecular weight is 222 g/mol. The van der Waals surface area contributed by atoms with Gasteiger partial charge in [-0.3, -0.25) is 4.40 Å². The van der Waals surface area contributed by atoms with Gasteiger partial charge in [0.2, 0.25) is 0 Å². The molecule has 0 aliphatic rings. The highest BCUT2D eigenvalue weighted by atomic mass is 15.0. The van der Waals surface area contributed by atoms with E-state index in [1.807, 2.05) is 12.3 Å². The molecule has 0 saturated carbocycles. The van der Waals surface area contributed by atoms with Crippen LogP contribution in [0.25, 0.3) is 16.9 Å². The molecule has 2 heterocycles. The van der Waals surface area contributed by atoms with Crippen molar-refractivity contribution in [2.45, 2.75) is 13.8 Å². The van der Waals surface area contributed by atoms with Crippen LogP contribution in [-0.4, -0.2) is 9.38 Å². The molecule has 17 heavy (non-hydrogen) atoms. The monoisotopic (exact) mass is 222 g/mol. The summed E-state index contributed by atoms with van der Waals surface area (Å²) in [5.41, 5.74) is 5.84. The van der Waals surface area contributed by atoms with Crippen LogP contribution in [-0.2, 0) is 0 Å². The molecule has 0 aliphatic carbocycles. The Labute approximate surface area is 101 Å². The van der Waals surface area contributed by atoms with Gasteiger partial charge in [-0.2, -0.15) is 0 Å². The second-order valence-electron chi connectivity index (χ2n) is 4.38. The van der Waals surface area contributed by atoms with Gasteiger partial charge in [-0.15, -0.1) is 0 Å². The number of aryl methyl sites for hydroxylation is 2. The zero-order valence-electron chi connectivity index (χ0n) is 10.0. The molecule has 0 amide bonds. The fourth-order valence-electron chi connectivity index (χ4n) is 2.29. The van der Waals surface area contributed by atoms with Crippen LogP contribution in [0.2, 0.25) is 0 Å². The van der Waals surface area contributed by atoms with E-state index in [-0.39, 0.29) is 0 Å². The molecule has 0 unspecified atom stereocenters. The second-order valence-corrected chi connectivity index (χ2v) is 4.38. The van der Waals surface area contributed by atoms with Crippen molar-refractivity contribution in [1.29, 1.82) is 0 Å². The highest BCUT2D eigenvalue weighted by Crippen LogP contribution is 2.22. The van der Waals surface area contributed by atoms with Gasteiger partial charge < -0.3 is 0 Å². The number of benzene rings is 1. The normalized spacial score (nSPS) is 10.9. The van der Waals surface area contributed by atoms with E-state index in [9.17, 15) is 0 Å². The molecule has 84 valence electrons. The summed E-state index contributed by atoms with van der Waals surface area (Å²) in [6.45, 7) is 4.22. The van der Waals surface area contributed by atoms with Crippen molar-refractivity contribution in [1.82, 2.24) is 9.38 Å². The van der Waals surface area contributed by atoms with E-state index >= 15 is 0 Å². The minimum Gasteiger partial charge on any atom is -0.297 e. The van der Waals surface area contributed by atoms with Gasteiger partial charge in [-0.1, -0.05) is 30.3 Å². The first-order chi connectivity index (χ1) is 8.25. The molecule has 0 atom stereocenters. The molecular weight excluding hydrogens is 208 g/mol. The van der Waals surface area contributed by atoms with E-state index < -0.39 is 0 Å². The predicted octanol–water partition coefficient (Wildman–Crippen LogP) is 3.62. The van der Waals surface area contributed by atoms with Crippen LogP contribution in [0.1, 0.15) is 11.3 Å². The van der Waals surface area contributed by atoms with Gasteiger partial charge in [0.1, 0.15) is 5.65 Å². The number of hydrogen-bond donors (Lipinski definition) is 0. The van der Waals surface area contributed by atoms with Gasteiger partial charge in [-0.25, -0.2) is 4.98 Å². The van der Waals surface area contributed by atoms with Gasteiger partial charge in [0.15, 0.2) is 0 Å². The van der Waals surface area contributed by atoms with Crippen LogP contribution in [0, 0.1) is 13.8 Å². The molecule has 0 radical (unpaired) electrons. The molecule has 0 fully saturated rings. The quantitative estimate of drug-likeness (QED) is 0.614. The maximum Gasteiger partial charge on any atom is 0.137 e. The van der Waals surface area contributed by atoms with Crippen molar-refractivity contribution >= 4 is 5.65 Å². The molecule has 2 nitrogen and oxygen atoms in total. The summed E-state index contributed by atoms with van der Waals surface area (Å²) >= 11 is 0. The standard InChI is InChI=1S/C15H14N2/c1-11-8-12(2)17-14(10-16-15(17)9-11)13-6-4-3-5-7-13/h3-10H,1-2H3. The zero-order valence-corrected chi connectivity index (χ0v) is 10.0. The molecule has 2 heteroatoms.